The summed E-state index contributed by atoms with van der Waals surface area (Å²) in [5.74, 6) is -1.37. The van der Waals surface area contributed by atoms with Crippen LogP contribution in [0.25, 0.3) is 0 Å². The SMILES string of the molecule is O=C(O)c1ccc(C(=O)NCc2cccc(NC(=O)N3CCCC3)c2)s1. The molecule has 2 aromatic rings. The van der Waals surface area contributed by atoms with Crippen molar-refractivity contribution in [3.8, 4) is 0 Å². The van der Waals surface area contributed by atoms with Gasteiger partial charge in [0.25, 0.3) is 5.91 Å². The van der Waals surface area contributed by atoms with Crippen LogP contribution in [0.1, 0.15) is 37.7 Å². The molecule has 1 saturated heterocycles. The van der Waals surface area contributed by atoms with Gasteiger partial charge >= 0.3 is 12.0 Å². The summed E-state index contributed by atoms with van der Waals surface area (Å²) in [4.78, 5) is 37.4. The van der Waals surface area contributed by atoms with Crippen molar-refractivity contribution in [1.82, 2.24) is 10.2 Å². The van der Waals surface area contributed by atoms with Crippen LogP contribution >= 0.6 is 11.3 Å². The van der Waals surface area contributed by atoms with Gasteiger partial charge in [-0.1, -0.05) is 12.1 Å². The van der Waals surface area contributed by atoms with Crippen LogP contribution < -0.4 is 10.6 Å². The molecule has 7 nitrogen and oxygen atoms in total. The second kappa shape index (κ2) is 8.01. The molecule has 1 aliphatic heterocycles. The second-order valence-corrected chi connectivity index (χ2v) is 7.06. The zero-order valence-corrected chi connectivity index (χ0v) is 14.8. The fraction of sp³-hybridized carbons (Fsp3) is 0.278. The van der Waals surface area contributed by atoms with Gasteiger partial charge in [-0.05, 0) is 42.7 Å². The van der Waals surface area contributed by atoms with E-state index in [4.69, 9.17) is 5.11 Å². The van der Waals surface area contributed by atoms with Crippen molar-refractivity contribution >= 4 is 34.9 Å². The van der Waals surface area contributed by atoms with Crippen LogP contribution in [0.5, 0.6) is 0 Å². The molecule has 1 aliphatic rings. The van der Waals surface area contributed by atoms with Gasteiger partial charge in [-0.3, -0.25) is 4.79 Å². The van der Waals surface area contributed by atoms with Crippen molar-refractivity contribution in [2.24, 2.45) is 0 Å². The quantitative estimate of drug-likeness (QED) is 0.750. The monoisotopic (exact) mass is 373 g/mol. The van der Waals surface area contributed by atoms with Crippen molar-refractivity contribution in [2.45, 2.75) is 19.4 Å². The molecule has 1 aromatic heterocycles. The van der Waals surface area contributed by atoms with Crippen LogP contribution in [0, 0.1) is 0 Å². The first-order valence-corrected chi connectivity index (χ1v) is 9.11. The van der Waals surface area contributed by atoms with Crippen molar-refractivity contribution in [3.05, 3.63) is 51.7 Å². The van der Waals surface area contributed by atoms with Crippen molar-refractivity contribution in [3.63, 3.8) is 0 Å². The summed E-state index contributed by atoms with van der Waals surface area (Å²) in [6.07, 6.45) is 2.07. The minimum absolute atomic E-state index is 0.108. The molecule has 8 heteroatoms. The van der Waals surface area contributed by atoms with E-state index in [1.807, 2.05) is 18.2 Å². The topological polar surface area (TPSA) is 98.7 Å². The standard InChI is InChI=1S/C18H19N3O4S/c22-16(14-6-7-15(26-14)17(23)24)19-11-12-4-3-5-13(10-12)20-18(25)21-8-1-2-9-21/h3-7,10H,1-2,8-9,11H2,(H,19,22)(H,20,25)(H,23,24). The van der Waals surface area contributed by atoms with Crippen LogP contribution in [-0.4, -0.2) is 41.0 Å². The summed E-state index contributed by atoms with van der Waals surface area (Å²) in [6, 6.07) is 10.1. The summed E-state index contributed by atoms with van der Waals surface area (Å²) < 4.78 is 0. The van der Waals surface area contributed by atoms with E-state index in [1.54, 1.807) is 11.0 Å². The van der Waals surface area contributed by atoms with Gasteiger partial charge in [0.05, 0.1) is 4.88 Å². The van der Waals surface area contributed by atoms with Gasteiger partial charge in [0.1, 0.15) is 4.88 Å². The number of hydrogen-bond acceptors (Lipinski definition) is 4. The van der Waals surface area contributed by atoms with E-state index in [9.17, 15) is 14.4 Å². The number of carboxylic acids is 1. The summed E-state index contributed by atoms with van der Waals surface area (Å²) in [5.41, 5.74) is 1.52. The zero-order valence-electron chi connectivity index (χ0n) is 14.0. The predicted molar refractivity (Wildman–Crippen MR) is 98.7 cm³/mol. The normalized spacial score (nSPS) is 13.5. The average molecular weight is 373 g/mol. The number of likely N-dealkylation sites (tertiary alicyclic amines) is 1. The summed E-state index contributed by atoms with van der Waals surface area (Å²) in [7, 11) is 0. The third-order valence-electron chi connectivity index (χ3n) is 4.07. The Labute approximate surface area is 154 Å². The lowest BCUT2D eigenvalue weighted by molar-refractivity contribution is 0.0702. The molecule has 2 heterocycles. The molecular weight excluding hydrogens is 354 g/mol. The smallest absolute Gasteiger partial charge is 0.345 e. The van der Waals surface area contributed by atoms with E-state index in [0.29, 0.717) is 10.6 Å². The number of carboxylic acid groups (broad SMARTS) is 1. The number of carbonyl (C=O) groups is 3. The molecule has 0 bridgehead atoms. The molecule has 26 heavy (non-hydrogen) atoms. The third-order valence-corrected chi connectivity index (χ3v) is 5.14. The van der Waals surface area contributed by atoms with Gasteiger partial charge in [0.15, 0.2) is 0 Å². The highest BCUT2D eigenvalue weighted by Crippen LogP contribution is 2.17. The Morgan fingerprint density at radius 3 is 2.50 bits per heavy atom. The number of hydrogen-bond donors (Lipinski definition) is 3. The van der Waals surface area contributed by atoms with Crippen LogP contribution in [-0.2, 0) is 6.54 Å². The largest absolute Gasteiger partial charge is 0.477 e. The molecule has 3 N–H and O–H groups in total. The maximum absolute atomic E-state index is 12.1. The Bertz CT molecular complexity index is 827. The van der Waals surface area contributed by atoms with Crippen molar-refractivity contribution in [1.29, 1.82) is 0 Å². The van der Waals surface area contributed by atoms with Crippen molar-refractivity contribution in [2.75, 3.05) is 18.4 Å². The second-order valence-electron chi connectivity index (χ2n) is 5.98. The van der Waals surface area contributed by atoms with E-state index >= 15 is 0 Å². The fourth-order valence-electron chi connectivity index (χ4n) is 2.73. The number of thiophene rings is 1. The molecule has 3 rings (SSSR count). The molecule has 1 fully saturated rings. The van der Waals surface area contributed by atoms with E-state index in [0.717, 1.165) is 42.8 Å². The average Bonchev–Trinajstić information content (AvgIpc) is 3.31. The highest BCUT2D eigenvalue weighted by Gasteiger charge is 2.18. The lowest BCUT2D eigenvalue weighted by atomic mass is 10.2. The lowest BCUT2D eigenvalue weighted by Crippen LogP contribution is -2.32. The van der Waals surface area contributed by atoms with Gasteiger partial charge in [-0.2, -0.15) is 0 Å². The summed E-state index contributed by atoms with van der Waals surface area (Å²) >= 11 is 0.936. The van der Waals surface area contributed by atoms with Gasteiger partial charge in [0.2, 0.25) is 0 Å². The number of benzene rings is 1. The maximum Gasteiger partial charge on any atom is 0.345 e. The van der Waals surface area contributed by atoms with Gasteiger partial charge in [-0.25, -0.2) is 9.59 Å². The Hall–Kier alpha value is -2.87. The number of rotatable bonds is 5. The summed E-state index contributed by atoms with van der Waals surface area (Å²) in [5, 5.41) is 14.5. The molecule has 0 saturated carbocycles. The van der Waals surface area contributed by atoms with E-state index in [2.05, 4.69) is 10.6 Å². The lowest BCUT2D eigenvalue weighted by Gasteiger charge is -2.16. The highest BCUT2D eigenvalue weighted by atomic mass is 32.1. The molecule has 0 spiro atoms. The van der Waals surface area contributed by atoms with E-state index in [1.165, 1.54) is 12.1 Å². The number of nitrogens with one attached hydrogen (secondary N) is 2. The number of anilines is 1. The maximum atomic E-state index is 12.1. The summed E-state index contributed by atoms with van der Waals surface area (Å²) in [6.45, 7) is 1.84. The Kier molecular flexibility index (Phi) is 5.52. The number of amides is 3. The minimum atomic E-state index is -1.05. The Balaban J connectivity index is 1.56. The van der Waals surface area contributed by atoms with Crippen molar-refractivity contribution < 1.29 is 19.5 Å². The van der Waals surface area contributed by atoms with Crippen LogP contribution in [0.3, 0.4) is 0 Å². The van der Waals surface area contributed by atoms with E-state index < -0.39 is 5.97 Å². The predicted octanol–water partition coefficient (Wildman–Crippen LogP) is 3.00. The van der Waals surface area contributed by atoms with Crippen LogP contribution in [0.15, 0.2) is 36.4 Å². The molecule has 3 amide bonds. The molecule has 0 atom stereocenters. The molecular formula is C18H19N3O4S. The van der Waals surface area contributed by atoms with Crippen LogP contribution in [0.4, 0.5) is 10.5 Å². The fourth-order valence-corrected chi connectivity index (χ4v) is 3.49. The number of carbonyl (C=O) groups excluding carboxylic acids is 2. The first kappa shape index (κ1) is 17.9. The molecule has 0 unspecified atom stereocenters. The molecule has 136 valence electrons. The number of urea groups is 1. The van der Waals surface area contributed by atoms with Gasteiger partial charge in [-0.15, -0.1) is 11.3 Å². The molecule has 0 aliphatic carbocycles. The van der Waals surface area contributed by atoms with Crippen LogP contribution in [0.2, 0.25) is 0 Å². The van der Waals surface area contributed by atoms with Gasteiger partial charge < -0.3 is 20.6 Å². The number of nitrogens with zero attached hydrogens (tertiary/aromatic N) is 1. The molecule has 1 aromatic carbocycles. The first-order chi connectivity index (χ1) is 12.5. The Morgan fingerprint density at radius 2 is 1.81 bits per heavy atom. The van der Waals surface area contributed by atoms with Gasteiger partial charge in [0, 0.05) is 25.3 Å². The van der Waals surface area contributed by atoms with E-state index in [-0.39, 0.29) is 23.4 Å². The Morgan fingerprint density at radius 1 is 1.08 bits per heavy atom. The first-order valence-electron chi connectivity index (χ1n) is 8.29. The third kappa shape index (κ3) is 4.40. The minimum Gasteiger partial charge on any atom is -0.477 e. The zero-order chi connectivity index (χ0) is 18.5. The highest BCUT2D eigenvalue weighted by molar-refractivity contribution is 7.15. The molecule has 0 radical (unpaired) electrons. The number of aromatic carboxylic acids is 1.